The molecule has 1 N–H and O–H groups in total. The third-order valence-corrected chi connectivity index (χ3v) is 4.63. The van der Waals surface area contributed by atoms with Gasteiger partial charge in [0.15, 0.2) is 11.6 Å². The Morgan fingerprint density at radius 3 is 2.71 bits per heavy atom. The Kier molecular flexibility index (Phi) is 6.50. The van der Waals surface area contributed by atoms with Crippen LogP contribution in [-0.2, 0) is 0 Å². The van der Waals surface area contributed by atoms with Gasteiger partial charge >= 0.3 is 0 Å². The van der Waals surface area contributed by atoms with Crippen LogP contribution in [0.25, 0.3) is 0 Å². The quantitative estimate of drug-likeness (QED) is 0.776. The number of ether oxygens (including phenoxy) is 1. The topological polar surface area (TPSA) is 21.3 Å². The Hall–Kier alpha value is -1.09. The van der Waals surface area contributed by atoms with E-state index in [1.165, 1.54) is 45.6 Å². The lowest BCUT2D eigenvalue weighted by molar-refractivity contribution is 0.312. The van der Waals surface area contributed by atoms with Crippen molar-refractivity contribution in [2.45, 2.75) is 57.9 Å². The number of nitrogens with one attached hydrogen (secondary N) is 1. The van der Waals surface area contributed by atoms with Gasteiger partial charge < -0.3 is 10.1 Å². The molecule has 21 heavy (non-hydrogen) atoms. The fourth-order valence-corrected chi connectivity index (χ4v) is 3.45. The molecule has 0 radical (unpaired) electrons. The maximum Gasteiger partial charge on any atom is 0.169 e. The largest absolute Gasteiger partial charge is 0.494 e. The van der Waals surface area contributed by atoms with Gasteiger partial charge in [-0.05, 0) is 31.4 Å². The highest BCUT2D eigenvalue weighted by Gasteiger charge is 2.20. The Balaban J connectivity index is 2.03. The standard InChI is InChI=1S/C18H28FNO/c1-3-20-16(13-12-14-8-5-4-6-9-14)15-10-7-11-17(21-2)18(15)19/h7,10-11,14,16,20H,3-6,8-9,12-13H2,1-2H3. The summed E-state index contributed by atoms with van der Waals surface area (Å²) in [7, 11) is 1.52. The molecule has 0 saturated heterocycles. The van der Waals surface area contributed by atoms with E-state index >= 15 is 0 Å². The van der Waals surface area contributed by atoms with Gasteiger partial charge in [-0.25, -0.2) is 4.39 Å². The molecule has 0 aromatic heterocycles. The minimum atomic E-state index is -0.213. The smallest absolute Gasteiger partial charge is 0.169 e. The summed E-state index contributed by atoms with van der Waals surface area (Å²) in [6.45, 7) is 2.93. The predicted octanol–water partition coefficient (Wildman–Crippen LogP) is 4.85. The van der Waals surface area contributed by atoms with Crippen LogP contribution in [0.15, 0.2) is 18.2 Å². The van der Waals surface area contributed by atoms with Crippen LogP contribution in [0.3, 0.4) is 0 Å². The second-order valence-corrected chi connectivity index (χ2v) is 6.06. The van der Waals surface area contributed by atoms with E-state index in [4.69, 9.17) is 4.74 Å². The molecule has 1 aromatic rings. The van der Waals surface area contributed by atoms with Gasteiger partial charge in [0.2, 0.25) is 0 Å². The molecule has 3 heteroatoms. The normalized spacial score (nSPS) is 17.7. The maximum atomic E-state index is 14.4. The van der Waals surface area contributed by atoms with E-state index in [1.54, 1.807) is 6.07 Å². The monoisotopic (exact) mass is 293 g/mol. The summed E-state index contributed by atoms with van der Waals surface area (Å²) >= 11 is 0. The summed E-state index contributed by atoms with van der Waals surface area (Å²) in [5, 5.41) is 3.44. The number of hydrogen-bond acceptors (Lipinski definition) is 2. The second-order valence-electron chi connectivity index (χ2n) is 6.06. The third-order valence-electron chi connectivity index (χ3n) is 4.63. The molecule has 0 heterocycles. The van der Waals surface area contributed by atoms with Gasteiger partial charge in [0, 0.05) is 11.6 Å². The SMILES string of the molecule is CCNC(CCC1CCCCC1)c1cccc(OC)c1F. The Bertz CT molecular complexity index is 429. The van der Waals surface area contributed by atoms with Crippen LogP contribution in [0.2, 0.25) is 0 Å². The molecule has 0 aliphatic heterocycles. The number of hydrogen-bond donors (Lipinski definition) is 1. The molecule has 1 aliphatic carbocycles. The van der Waals surface area contributed by atoms with Crippen LogP contribution >= 0.6 is 0 Å². The van der Waals surface area contributed by atoms with Gasteiger partial charge in [0.05, 0.1) is 7.11 Å². The molecule has 2 rings (SSSR count). The van der Waals surface area contributed by atoms with Crippen molar-refractivity contribution in [3.05, 3.63) is 29.6 Å². The molecule has 118 valence electrons. The van der Waals surface area contributed by atoms with Crippen LogP contribution in [0.5, 0.6) is 5.75 Å². The molecular formula is C18H28FNO. The highest BCUT2D eigenvalue weighted by atomic mass is 19.1. The highest BCUT2D eigenvalue weighted by molar-refractivity contribution is 5.33. The van der Waals surface area contributed by atoms with Crippen LogP contribution < -0.4 is 10.1 Å². The average molecular weight is 293 g/mol. The molecule has 1 aromatic carbocycles. The van der Waals surface area contributed by atoms with E-state index in [0.29, 0.717) is 5.75 Å². The molecule has 2 nitrogen and oxygen atoms in total. The first-order valence-corrected chi connectivity index (χ1v) is 8.32. The number of benzene rings is 1. The fourth-order valence-electron chi connectivity index (χ4n) is 3.45. The minimum Gasteiger partial charge on any atom is -0.494 e. The van der Waals surface area contributed by atoms with E-state index in [-0.39, 0.29) is 11.9 Å². The maximum absolute atomic E-state index is 14.4. The van der Waals surface area contributed by atoms with Crippen molar-refractivity contribution in [1.82, 2.24) is 5.32 Å². The van der Waals surface area contributed by atoms with Crippen molar-refractivity contribution in [3.63, 3.8) is 0 Å². The van der Waals surface area contributed by atoms with Gasteiger partial charge in [-0.3, -0.25) is 0 Å². The van der Waals surface area contributed by atoms with Crippen molar-refractivity contribution in [1.29, 1.82) is 0 Å². The van der Waals surface area contributed by atoms with Crippen molar-refractivity contribution in [3.8, 4) is 5.75 Å². The first-order chi connectivity index (χ1) is 10.3. The molecule has 0 bridgehead atoms. The van der Waals surface area contributed by atoms with Crippen molar-refractivity contribution >= 4 is 0 Å². The van der Waals surface area contributed by atoms with Crippen LogP contribution in [-0.4, -0.2) is 13.7 Å². The minimum absolute atomic E-state index is 0.0898. The molecule has 1 atom stereocenters. The number of rotatable bonds is 7. The predicted molar refractivity (Wildman–Crippen MR) is 85.2 cm³/mol. The van der Waals surface area contributed by atoms with E-state index < -0.39 is 0 Å². The molecule has 1 fully saturated rings. The summed E-state index contributed by atoms with van der Waals surface area (Å²) in [5.41, 5.74) is 0.743. The van der Waals surface area contributed by atoms with Gasteiger partial charge in [-0.2, -0.15) is 0 Å². The van der Waals surface area contributed by atoms with E-state index in [2.05, 4.69) is 12.2 Å². The van der Waals surface area contributed by atoms with Crippen LogP contribution in [0.1, 0.15) is 63.5 Å². The Morgan fingerprint density at radius 1 is 1.29 bits per heavy atom. The lowest BCUT2D eigenvalue weighted by Crippen LogP contribution is -2.23. The lowest BCUT2D eigenvalue weighted by Gasteiger charge is -2.25. The first kappa shape index (κ1) is 16.3. The van der Waals surface area contributed by atoms with Crippen molar-refractivity contribution in [2.75, 3.05) is 13.7 Å². The summed E-state index contributed by atoms with van der Waals surface area (Å²) in [6, 6.07) is 5.53. The third kappa shape index (κ3) is 4.44. The summed E-state index contributed by atoms with van der Waals surface area (Å²) in [5.74, 6) is 0.955. The first-order valence-electron chi connectivity index (χ1n) is 8.32. The van der Waals surface area contributed by atoms with Crippen molar-refractivity contribution < 1.29 is 9.13 Å². The number of halogens is 1. The number of methoxy groups -OCH3 is 1. The Morgan fingerprint density at radius 2 is 2.05 bits per heavy atom. The van der Waals surface area contributed by atoms with E-state index in [9.17, 15) is 4.39 Å². The molecular weight excluding hydrogens is 265 g/mol. The zero-order valence-corrected chi connectivity index (χ0v) is 13.3. The fraction of sp³-hybridized carbons (Fsp3) is 0.667. The molecule has 0 spiro atoms. The molecule has 1 unspecified atom stereocenters. The molecule has 0 amide bonds. The van der Waals surface area contributed by atoms with Gasteiger partial charge in [0.1, 0.15) is 0 Å². The zero-order chi connectivity index (χ0) is 15.1. The zero-order valence-electron chi connectivity index (χ0n) is 13.3. The molecule has 1 saturated carbocycles. The summed E-state index contributed by atoms with van der Waals surface area (Å²) in [6.07, 6.45) is 9.00. The van der Waals surface area contributed by atoms with Crippen molar-refractivity contribution in [2.24, 2.45) is 5.92 Å². The van der Waals surface area contributed by atoms with Crippen LogP contribution in [0.4, 0.5) is 4.39 Å². The highest BCUT2D eigenvalue weighted by Crippen LogP contribution is 2.32. The van der Waals surface area contributed by atoms with Gasteiger partial charge in [0.25, 0.3) is 0 Å². The lowest BCUT2D eigenvalue weighted by atomic mass is 9.84. The second kappa shape index (κ2) is 8.38. The molecule has 1 aliphatic rings. The van der Waals surface area contributed by atoms with Crippen LogP contribution in [0, 0.1) is 11.7 Å². The van der Waals surface area contributed by atoms with E-state index in [1.807, 2.05) is 12.1 Å². The summed E-state index contributed by atoms with van der Waals surface area (Å²) < 4.78 is 19.6. The van der Waals surface area contributed by atoms with Gasteiger partial charge in [-0.15, -0.1) is 0 Å². The Labute approximate surface area is 128 Å². The average Bonchev–Trinajstić information content (AvgIpc) is 2.53. The van der Waals surface area contributed by atoms with E-state index in [0.717, 1.165) is 24.4 Å². The van der Waals surface area contributed by atoms with Gasteiger partial charge in [-0.1, -0.05) is 51.2 Å². The summed E-state index contributed by atoms with van der Waals surface area (Å²) in [4.78, 5) is 0.